The highest BCUT2D eigenvalue weighted by atomic mass is 35.5. The van der Waals surface area contributed by atoms with Crippen LogP contribution in [-0.4, -0.2) is 52.5 Å². The van der Waals surface area contributed by atoms with Crippen molar-refractivity contribution >= 4 is 24.3 Å². The van der Waals surface area contributed by atoms with E-state index in [9.17, 15) is 9.59 Å². The quantitative estimate of drug-likeness (QED) is 0.867. The summed E-state index contributed by atoms with van der Waals surface area (Å²) < 4.78 is 0. The number of amides is 1. The van der Waals surface area contributed by atoms with Gasteiger partial charge < -0.3 is 10.0 Å². The number of aliphatic carboxylic acids is 1. The first-order valence-electron chi connectivity index (χ1n) is 8.64. The Morgan fingerprint density at radius 2 is 1.96 bits per heavy atom. The third-order valence-electron chi connectivity index (χ3n) is 4.84. The van der Waals surface area contributed by atoms with Crippen molar-refractivity contribution < 1.29 is 14.7 Å². The predicted molar refractivity (Wildman–Crippen MR) is 101 cm³/mol. The molecule has 1 atom stereocenters. The first kappa shape index (κ1) is 21.5. The number of carbonyl (C=O) groups is 2. The molecule has 25 heavy (non-hydrogen) atoms. The minimum absolute atomic E-state index is 0. The molecule has 1 heterocycles. The van der Waals surface area contributed by atoms with Gasteiger partial charge in [0.05, 0.1) is 0 Å². The first-order chi connectivity index (χ1) is 11.4. The summed E-state index contributed by atoms with van der Waals surface area (Å²) in [5.41, 5.74) is 3.92. The summed E-state index contributed by atoms with van der Waals surface area (Å²) >= 11 is 0. The van der Waals surface area contributed by atoms with Crippen molar-refractivity contribution in [1.29, 1.82) is 0 Å². The van der Waals surface area contributed by atoms with E-state index in [1.807, 2.05) is 0 Å². The van der Waals surface area contributed by atoms with Gasteiger partial charge in [-0.25, -0.2) is 0 Å². The number of benzene rings is 1. The van der Waals surface area contributed by atoms with E-state index in [1.165, 1.54) is 28.5 Å². The van der Waals surface area contributed by atoms with E-state index in [0.29, 0.717) is 0 Å². The highest BCUT2D eigenvalue weighted by molar-refractivity contribution is 5.85. The lowest BCUT2D eigenvalue weighted by Gasteiger charge is -2.29. The number of aryl methyl sites for hydroxylation is 2. The molecule has 0 aliphatic carbocycles. The van der Waals surface area contributed by atoms with Gasteiger partial charge in [0.1, 0.15) is 6.54 Å². The van der Waals surface area contributed by atoms with Crippen molar-refractivity contribution in [3.05, 3.63) is 34.9 Å². The van der Waals surface area contributed by atoms with Crippen molar-refractivity contribution in [1.82, 2.24) is 9.80 Å². The second kappa shape index (κ2) is 9.78. The average Bonchev–Trinajstić information content (AvgIpc) is 2.74. The molecule has 1 aliphatic rings. The Kier molecular flexibility index (Phi) is 8.39. The normalized spacial score (nSPS) is 18.1. The van der Waals surface area contributed by atoms with E-state index in [0.717, 1.165) is 38.9 Å². The van der Waals surface area contributed by atoms with E-state index in [2.05, 4.69) is 36.9 Å². The van der Waals surface area contributed by atoms with Gasteiger partial charge in [-0.05, 0) is 50.8 Å². The summed E-state index contributed by atoms with van der Waals surface area (Å²) in [5, 5.41) is 9.03. The minimum Gasteiger partial charge on any atom is -0.480 e. The lowest BCUT2D eigenvalue weighted by Crippen LogP contribution is -2.42. The van der Waals surface area contributed by atoms with Crippen LogP contribution in [0.1, 0.15) is 42.9 Å². The summed E-state index contributed by atoms with van der Waals surface area (Å²) in [6, 6.07) is 6.57. The Bertz CT molecular complexity index is 606. The van der Waals surface area contributed by atoms with Gasteiger partial charge in [0, 0.05) is 26.1 Å². The summed E-state index contributed by atoms with van der Waals surface area (Å²) in [6.07, 6.45) is 2.69. The monoisotopic (exact) mass is 368 g/mol. The van der Waals surface area contributed by atoms with Crippen molar-refractivity contribution in [2.75, 3.05) is 19.6 Å². The van der Waals surface area contributed by atoms with Crippen LogP contribution in [0.15, 0.2) is 18.2 Å². The van der Waals surface area contributed by atoms with E-state index >= 15 is 0 Å². The molecular formula is C19H29ClN2O3. The fourth-order valence-corrected chi connectivity index (χ4v) is 3.46. The standard InChI is InChI=1S/C19H28N2O3.ClH/c1-14-6-7-15(2)17(11-14)12-20-9-4-5-18(8-10-20)21(16(3)22)13-19(23)24;/h6-7,11,18H,4-5,8-10,12-13H2,1-3H3,(H,23,24);1H. The summed E-state index contributed by atoms with van der Waals surface area (Å²) in [5.74, 6) is -1.09. The number of carboxylic acids is 1. The molecule has 0 bridgehead atoms. The van der Waals surface area contributed by atoms with Crippen LogP contribution in [0.4, 0.5) is 0 Å². The van der Waals surface area contributed by atoms with Crippen molar-refractivity contribution in [2.24, 2.45) is 0 Å². The zero-order valence-electron chi connectivity index (χ0n) is 15.3. The summed E-state index contributed by atoms with van der Waals surface area (Å²) in [6.45, 7) is 8.31. The third kappa shape index (κ3) is 6.33. The molecule has 1 amide bonds. The second-order valence-corrected chi connectivity index (χ2v) is 6.83. The number of nitrogens with zero attached hydrogens (tertiary/aromatic N) is 2. The minimum atomic E-state index is -0.943. The average molecular weight is 369 g/mol. The van der Waals surface area contributed by atoms with Gasteiger partial charge in [0.15, 0.2) is 0 Å². The number of halogens is 1. The molecule has 1 aromatic carbocycles. The molecule has 1 aliphatic heterocycles. The van der Waals surface area contributed by atoms with Gasteiger partial charge in [-0.1, -0.05) is 23.8 Å². The molecule has 0 saturated carbocycles. The lowest BCUT2D eigenvalue weighted by molar-refractivity contribution is -0.145. The van der Waals surface area contributed by atoms with Crippen LogP contribution in [0.3, 0.4) is 0 Å². The number of carbonyl (C=O) groups excluding carboxylic acids is 1. The Labute approximate surface area is 156 Å². The van der Waals surface area contributed by atoms with Crippen molar-refractivity contribution in [2.45, 2.75) is 52.6 Å². The Morgan fingerprint density at radius 3 is 2.60 bits per heavy atom. The Balaban J connectivity index is 0.00000312. The molecule has 1 aromatic rings. The SMILES string of the molecule is CC(=O)N(CC(=O)O)C1CCCN(Cc2cc(C)ccc2C)CC1.Cl. The second-order valence-electron chi connectivity index (χ2n) is 6.83. The van der Waals surface area contributed by atoms with E-state index in [1.54, 1.807) is 0 Å². The lowest BCUT2D eigenvalue weighted by atomic mass is 10.1. The Hall–Kier alpha value is -1.59. The van der Waals surface area contributed by atoms with Gasteiger partial charge in [0.25, 0.3) is 0 Å². The maximum Gasteiger partial charge on any atom is 0.323 e. The van der Waals surface area contributed by atoms with Crippen LogP contribution in [0.25, 0.3) is 0 Å². The molecule has 6 heteroatoms. The Morgan fingerprint density at radius 1 is 1.24 bits per heavy atom. The number of hydrogen-bond donors (Lipinski definition) is 1. The molecule has 1 saturated heterocycles. The maximum absolute atomic E-state index is 11.8. The molecule has 1 unspecified atom stereocenters. The largest absolute Gasteiger partial charge is 0.480 e. The van der Waals surface area contributed by atoms with Crippen LogP contribution in [-0.2, 0) is 16.1 Å². The van der Waals surface area contributed by atoms with E-state index in [4.69, 9.17) is 5.11 Å². The highest BCUT2D eigenvalue weighted by Crippen LogP contribution is 2.20. The number of likely N-dealkylation sites (tertiary alicyclic amines) is 1. The molecule has 5 nitrogen and oxygen atoms in total. The van der Waals surface area contributed by atoms with Crippen LogP contribution in [0.2, 0.25) is 0 Å². The third-order valence-corrected chi connectivity index (χ3v) is 4.84. The van der Waals surface area contributed by atoms with E-state index < -0.39 is 5.97 Å². The predicted octanol–water partition coefficient (Wildman–Crippen LogP) is 3.01. The zero-order chi connectivity index (χ0) is 17.7. The number of rotatable bonds is 5. The highest BCUT2D eigenvalue weighted by Gasteiger charge is 2.26. The molecular weight excluding hydrogens is 340 g/mol. The van der Waals surface area contributed by atoms with Gasteiger partial charge in [-0.3, -0.25) is 14.5 Å². The van der Waals surface area contributed by atoms with Crippen molar-refractivity contribution in [3.8, 4) is 0 Å². The summed E-state index contributed by atoms with van der Waals surface area (Å²) in [4.78, 5) is 26.7. The fraction of sp³-hybridized carbons (Fsp3) is 0.579. The van der Waals surface area contributed by atoms with Gasteiger partial charge >= 0.3 is 5.97 Å². The summed E-state index contributed by atoms with van der Waals surface area (Å²) in [7, 11) is 0. The van der Waals surface area contributed by atoms with Crippen LogP contribution < -0.4 is 0 Å². The smallest absolute Gasteiger partial charge is 0.323 e. The van der Waals surface area contributed by atoms with Crippen LogP contribution in [0.5, 0.6) is 0 Å². The molecule has 0 spiro atoms. The topological polar surface area (TPSA) is 60.9 Å². The van der Waals surface area contributed by atoms with E-state index in [-0.39, 0.29) is 30.9 Å². The molecule has 1 N–H and O–H groups in total. The maximum atomic E-state index is 11.8. The van der Waals surface area contributed by atoms with Gasteiger partial charge in [-0.2, -0.15) is 0 Å². The fourth-order valence-electron chi connectivity index (χ4n) is 3.46. The van der Waals surface area contributed by atoms with Crippen molar-refractivity contribution in [3.63, 3.8) is 0 Å². The number of hydrogen-bond acceptors (Lipinski definition) is 3. The molecule has 1 fully saturated rings. The van der Waals surface area contributed by atoms with Gasteiger partial charge in [-0.15, -0.1) is 12.4 Å². The molecule has 2 rings (SSSR count). The van der Waals surface area contributed by atoms with Crippen LogP contribution in [0, 0.1) is 13.8 Å². The molecule has 0 aromatic heterocycles. The first-order valence-corrected chi connectivity index (χ1v) is 8.64. The molecule has 140 valence electrons. The zero-order valence-corrected chi connectivity index (χ0v) is 16.1. The number of carboxylic acid groups (broad SMARTS) is 1. The molecule has 0 radical (unpaired) electrons. The van der Waals surface area contributed by atoms with Gasteiger partial charge in [0.2, 0.25) is 5.91 Å². The van der Waals surface area contributed by atoms with Crippen LogP contribution >= 0.6 is 12.4 Å².